The minimum Gasteiger partial charge on any atom is -0.491 e. The molecule has 8 nitrogen and oxygen atoms in total. The van der Waals surface area contributed by atoms with Crippen molar-refractivity contribution in [2.24, 2.45) is 0 Å². The van der Waals surface area contributed by atoms with Crippen LogP contribution in [0.1, 0.15) is 18.4 Å². The Kier molecular flexibility index (Phi) is 7.26. The average Bonchev–Trinajstić information content (AvgIpc) is 2.74. The molecule has 2 N–H and O–H groups in total. The van der Waals surface area contributed by atoms with E-state index >= 15 is 0 Å². The van der Waals surface area contributed by atoms with Crippen LogP contribution < -0.4 is 15.0 Å². The smallest absolute Gasteiger partial charge is 0.303 e. The minimum atomic E-state index is -4.05. The number of ether oxygens (including phenoxy) is 1. The standard InChI is InChI=1S/C22H21FN2O6S/c23-19-14-18(10-11-20(19)31-13-3-5-22(27)28)32(29,30)24-17-8-6-16(7-9-17)15-25-12-2-1-4-21(25)26/h1-2,4,6-12,14,24H,3,5,13,15H2,(H,27,28). The van der Waals surface area contributed by atoms with Crippen molar-refractivity contribution in [3.8, 4) is 5.75 Å². The largest absolute Gasteiger partial charge is 0.491 e. The second-order valence-electron chi connectivity index (χ2n) is 6.91. The molecule has 0 amide bonds. The zero-order chi connectivity index (χ0) is 23.1. The number of aliphatic carboxylic acids is 1. The molecule has 0 saturated heterocycles. The van der Waals surface area contributed by atoms with Gasteiger partial charge in [0.2, 0.25) is 0 Å². The Morgan fingerprint density at radius 2 is 1.84 bits per heavy atom. The highest BCUT2D eigenvalue weighted by atomic mass is 32.2. The molecule has 0 saturated carbocycles. The number of hydrogen-bond acceptors (Lipinski definition) is 5. The third kappa shape index (κ3) is 6.17. The van der Waals surface area contributed by atoms with Gasteiger partial charge in [-0.05, 0) is 48.4 Å². The normalized spacial score (nSPS) is 11.2. The van der Waals surface area contributed by atoms with E-state index in [-0.39, 0.29) is 41.3 Å². The summed E-state index contributed by atoms with van der Waals surface area (Å²) in [7, 11) is -4.05. The highest BCUT2D eigenvalue weighted by Crippen LogP contribution is 2.23. The van der Waals surface area contributed by atoms with Crippen LogP contribution in [-0.2, 0) is 21.4 Å². The maximum absolute atomic E-state index is 14.2. The molecule has 168 valence electrons. The van der Waals surface area contributed by atoms with Gasteiger partial charge in [0.05, 0.1) is 18.0 Å². The average molecular weight is 460 g/mol. The van der Waals surface area contributed by atoms with Crippen molar-refractivity contribution in [3.05, 3.63) is 88.6 Å². The fourth-order valence-electron chi connectivity index (χ4n) is 2.85. The monoisotopic (exact) mass is 460 g/mol. The molecule has 0 aliphatic rings. The van der Waals surface area contributed by atoms with Crippen LogP contribution in [0.4, 0.5) is 10.1 Å². The zero-order valence-corrected chi connectivity index (χ0v) is 17.7. The summed E-state index contributed by atoms with van der Waals surface area (Å²) in [6, 6.07) is 14.6. The summed E-state index contributed by atoms with van der Waals surface area (Å²) in [6.07, 6.45) is 1.75. The lowest BCUT2D eigenvalue weighted by atomic mass is 10.2. The number of hydrogen-bond donors (Lipinski definition) is 2. The first-order chi connectivity index (χ1) is 15.2. The molecule has 1 heterocycles. The highest BCUT2D eigenvalue weighted by Gasteiger charge is 2.17. The molecule has 0 unspecified atom stereocenters. The lowest BCUT2D eigenvalue weighted by Crippen LogP contribution is -2.18. The van der Waals surface area contributed by atoms with Crippen LogP contribution >= 0.6 is 0 Å². The zero-order valence-electron chi connectivity index (χ0n) is 16.9. The summed E-state index contributed by atoms with van der Waals surface area (Å²) >= 11 is 0. The van der Waals surface area contributed by atoms with Gasteiger partial charge in [0, 0.05) is 24.4 Å². The Bertz CT molecular complexity index is 1260. The molecular weight excluding hydrogens is 439 g/mol. The lowest BCUT2D eigenvalue weighted by Gasteiger charge is -2.11. The first-order valence-electron chi connectivity index (χ1n) is 9.66. The number of nitrogens with one attached hydrogen (secondary N) is 1. The van der Waals surface area contributed by atoms with Crippen LogP contribution in [0, 0.1) is 5.82 Å². The second-order valence-corrected chi connectivity index (χ2v) is 8.59. The van der Waals surface area contributed by atoms with Crippen molar-refractivity contribution in [2.75, 3.05) is 11.3 Å². The van der Waals surface area contributed by atoms with Crippen molar-refractivity contribution >= 4 is 21.7 Å². The van der Waals surface area contributed by atoms with E-state index in [1.165, 1.54) is 22.8 Å². The number of rotatable bonds is 10. The van der Waals surface area contributed by atoms with E-state index in [1.807, 2.05) is 0 Å². The van der Waals surface area contributed by atoms with Crippen molar-refractivity contribution in [3.63, 3.8) is 0 Å². The van der Waals surface area contributed by atoms with Crippen LogP contribution in [-0.4, -0.2) is 30.7 Å². The second kappa shape index (κ2) is 10.1. The number of carboxylic acid groups (broad SMARTS) is 1. The fourth-order valence-corrected chi connectivity index (χ4v) is 3.92. The SMILES string of the molecule is O=C(O)CCCOc1ccc(S(=O)(=O)Nc2ccc(Cn3ccccc3=O)cc2)cc1F. The number of carboxylic acids is 1. The van der Waals surface area contributed by atoms with Crippen LogP contribution in [0.15, 0.2) is 76.6 Å². The Morgan fingerprint density at radius 3 is 2.50 bits per heavy atom. The fraction of sp³-hybridized carbons (Fsp3) is 0.182. The van der Waals surface area contributed by atoms with E-state index < -0.39 is 21.8 Å². The molecule has 0 atom stereocenters. The molecule has 0 aliphatic carbocycles. The number of carbonyl (C=O) groups is 1. The van der Waals surface area contributed by atoms with Gasteiger partial charge in [0.1, 0.15) is 0 Å². The van der Waals surface area contributed by atoms with Gasteiger partial charge in [0.15, 0.2) is 11.6 Å². The molecule has 3 rings (SSSR count). The van der Waals surface area contributed by atoms with E-state index in [1.54, 1.807) is 42.6 Å². The van der Waals surface area contributed by atoms with Gasteiger partial charge < -0.3 is 14.4 Å². The Balaban J connectivity index is 1.65. The molecule has 32 heavy (non-hydrogen) atoms. The topological polar surface area (TPSA) is 115 Å². The van der Waals surface area contributed by atoms with E-state index in [9.17, 15) is 22.4 Å². The number of nitrogens with zero attached hydrogens (tertiary/aromatic N) is 1. The highest BCUT2D eigenvalue weighted by molar-refractivity contribution is 7.92. The van der Waals surface area contributed by atoms with Gasteiger partial charge in [-0.15, -0.1) is 0 Å². The number of halogens is 1. The number of pyridine rings is 1. The van der Waals surface area contributed by atoms with Crippen LogP contribution in [0.25, 0.3) is 0 Å². The molecule has 2 aromatic carbocycles. The molecule has 0 aliphatic heterocycles. The van der Waals surface area contributed by atoms with Gasteiger partial charge in [-0.2, -0.15) is 0 Å². The Labute approximate surface area is 184 Å². The minimum absolute atomic E-state index is 0.00494. The predicted molar refractivity (Wildman–Crippen MR) is 116 cm³/mol. The van der Waals surface area contributed by atoms with E-state index in [4.69, 9.17) is 9.84 Å². The van der Waals surface area contributed by atoms with E-state index in [0.29, 0.717) is 6.54 Å². The third-order valence-corrected chi connectivity index (χ3v) is 5.84. The summed E-state index contributed by atoms with van der Waals surface area (Å²) in [6.45, 7) is 0.334. The molecule has 1 aromatic heterocycles. The Morgan fingerprint density at radius 1 is 1.09 bits per heavy atom. The quantitative estimate of drug-likeness (QED) is 0.450. The maximum atomic E-state index is 14.2. The van der Waals surface area contributed by atoms with Crippen LogP contribution in [0.2, 0.25) is 0 Å². The predicted octanol–water partition coefficient (Wildman–Crippen LogP) is 3.08. The molecule has 0 fully saturated rings. The number of aromatic nitrogens is 1. The molecule has 10 heteroatoms. The lowest BCUT2D eigenvalue weighted by molar-refractivity contribution is -0.137. The number of sulfonamides is 1. The number of anilines is 1. The van der Waals surface area contributed by atoms with E-state index in [2.05, 4.69) is 4.72 Å². The first-order valence-corrected chi connectivity index (χ1v) is 11.1. The van der Waals surface area contributed by atoms with Crippen LogP contribution in [0.3, 0.4) is 0 Å². The summed E-state index contributed by atoms with van der Waals surface area (Å²) in [5.41, 5.74) is 0.939. The molecule has 0 spiro atoms. The van der Waals surface area contributed by atoms with E-state index in [0.717, 1.165) is 11.6 Å². The third-order valence-electron chi connectivity index (χ3n) is 4.46. The summed E-state index contributed by atoms with van der Waals surface area (Å²) in [5.74, 6) is -2.01. The summed E-state index contributed by atoms with van der Waals surface area (Å²) in [4.78, 5) is 22.0. The molecule has 0 radical (unpaired) electrons. The van der Waals surface area contributed by atoms with Gasteiger partial charge >= 0.3 is 5.97 Å². The molecule has 3 aromatic rings. The van der Waals surface area contributed by atoms with Crippen molar-refractivity contribution in [2.45, 2.75) is 24.3 Å². The van der Waals surface area contributed by atoms with Gasteiger partial charge in [0.25, 0.3) is 15.6 Å². The van der Waals surface area contributed by atoms with Crippen molar-refractivity contribution in [1.29, 1.82) is 0 Å². The first kappa shape index (κ1) is 23.0. The number of benzene rings is 2. The Hall–Kier alpha value is -3.66. The maximum Gasteiger partial charge on any atom is 0.303 e. The summed E-state index contributed by atoms with van der Waals surface area (Å²) < 4.78 is 48.5. The van der Waals surface area contributed by atoms with Crippen molar-refractivity contribution in [1.82, 2.24) is 4.57 Å². The molecular formula is C22H21FN2O6S. The van der Waals surface area contributed by atoms with Gasteiger partial charge in [-0.1, -0.05) is 18.2 Å². The van der Waals surface area contributed by atoms with Gasteiger partial charge in [-0.3, -0.25) is 14.3 Å². The molecule has 0 bridgehead atoms. The van der Waals surface area contributed by atoms with Gasteiger partial charge in [-0.25, -0.2) is 12.8 Å². The summed E-state index contributed by atoms with van der Waals surface area (Å²) in [5, 5.41) is 8.59. The van der Waals surface area contributed by atoms with Crippen LogP contribution in [0.5, 0.6) is 5.75 Å². The van der Waals surface area contributed by atoms with Crippen molar-refractivity contribution < 1.29 is 27.4 Å².